The zero-order valence-electron chi connectivity index (χ0n) is 8.87. The topological polar surface area (TPSA) is 46.5 Å². The molecule has 0 fully saturated rings. The minimum absolute atomic E-state index is 0.220. The minimum atomic E-state index is -0.957. The molecule has 1 N–H and O–H groups in total. The van der Waals surface area contributed by atoms with Crippen LogP contribution in [0.3, 0.4) is 0 Å². The summed E-state index contributed by atoms with van der Waals surface area (Å²) in [6.07, 6.45) is 0. The molecule has 3 nitrogen and oxygen atoms in total. The van der Waals surface area contributed by atoms with Gasteiger partial charge in [-0.15, -0.1) is 0 Å². The number of rotatable bonds is 2. The summed E-state index contributed by atoms with van der Waals surface area (Å²) in [7, 11) is 0. The summed E-state index contributed by atoms with van der Waals surface area (Å²) in [6.45, 7) is 5.73. The van der Waals surface area contributed by atoms with Gasteiger partial charge in [0.25, 0.3) is 0 Å². The van der Waals surface area contributed by atoms with Crippen LogP contribution in [0.5, 0.6) is 5.75 Å². The molecule has 0 heterocycles. The van der Waals surface area contributed by atoms with Gasteiger partial charge < -0.3 is 9.84 Å². The summed E-state index contributed by atoms with van der Waals surface area (Å²) in [5.41, 5.74) is -0.128. The number of hydrogen-bond donors (Lipinski definition) is 1. The van der Waals surface area contributed by atoms with Gasteiger partial charge in [0.05, 0.1) is 10.0 Å². The van der Waals surface area contributed by atoms with Crippen molar-refractivity contribution in [3.05, 3.63) is 28.2 Å². The van der Waals surface area contributed by atoms with Crippen LogP contribution in [0.2, 0.25) is 0 Å². The van der Waals surface area contributed by atoms with Crippen LogP contribution < -0.4 is 4.74 Å². The molecule has 0 radical (unpaired) electrons. The van der Waals surface area contributed by atoms with Crippen molar-refractivity contribution >= 4 is 21.9 Å². The monoisotopic (exact) mass is 272 g/mol. The second-order valence-electron chi connectivity index (χ2n) is 4.16. The van der Waals surface area contributed by atoms with Crippen molar-refractivity contribution in [2.45, 2.75) is 26.4 Å². The van der Waals surface area contributed by atoms with Crippen molar-refractivity contribution in [3.8, 4) is 5.75 Å². The predicted molar refractivity (Wildman–Crippen MR) is 61.5 cm³/mol. The third kappa shape index (κ3) is 3.55. The van der Waals surface area contributed by atoms with Crippen LogP contribution in [0, 0.1) is 0 Å². The van der Waals surface area contributed by atoms with E-state index in [2.05, 4.69) is 15.9 Å². The molecule has 1 aromatic rings. The second kappa shape index (κ2) is 4.23. The second-order valence-corrected chi connectivity index (χ2v) is 5.02. The van der Waals surface area contributed by atoms with E-state index in [-0.39, 0.29) is 11.2 Å². The van der Waals surface area contributed by atoms with Crippen LogP contribution in [0.4, 0.5) is 0 Å². The highest BCUT2D eigenvalue weighted by molar-refractivity contribution is 9.10. The van der Waals surface area contributed by atoms with Gasteiger partial charge in [0.1, 0.15) is 11.4 Å². The Hall–Kier alpha value is -1.03. The lowest BCUT2D eigenvalue weighted by molar-refractivity contribution is 0.0694. The fourth-order valence-corrected chi connectivity index (χ4v) is 1.37. The van der Waals surface area contributed by atoms with Gasteiger partial charge in [-0.25, -0.2) is 4.79 Å². The highest BCUT2D eigenvalue weighted by Crippen LogP contribution is 2.29. The van der Waals surface area contributed by atoms with Crippen molar-refractivity contribution in [1.82, 2.24) is 0 Å². The molecule has 15 heavy (non-hydrogen) atoms. The third-order valence-electron chi connectivity index (χ3n) is 1.59. The number of benzene rings is 1. The molecule has 0 saturated heterocycles. The molecule has 1 aromatic carbocycles. The summed E-state index contributed by atoms with van der Waals surface area (Å²) >= 11 is 3.31. The van der Waals surface area contributed by atoms with Crippen LogP contribution in [0.15, 0.2) is 22.7 Å². The van der Waals surface area contributed by atoms with Gasteiger partial charge in [-0.2, -0.15) is 0 Å². The first kappa shape index (κ1) is 12.0. The minimum Gasteiger partial charge on any atom is -0.487 e. The van der Waals surface area contributed by atoms with Crippen LogP contribution in [0.25, 0.3) is 0 Å². The van der Waals surface area contributed by atoms with E-state index in [4.69, 9.17) is 9.84 Å². The molecule has 0 bridgehead atoms. The molecule has 0 aromatic heterocycles. The lowest BCUT2D eigenvalue weighted by Crippen LogP contribution is -2.23. The van der Waals surface area contributed by atoms with Crippen LogP contribution >= 0.6 is 15.9 Å². The average Bonchev–Trinajstić information content (AvgIpc) is 2.06. The smallest absolute Gasteiger partial charge is 0.335 e. The molecule has 0 saturated carbocycles. The van der Waals surface area contributed by atoms with Gasteiger partial charge in [-0.3, -0.25) is 0 Å². The van der Waals surface area contributed by atoms with Gasteiger partial charge in [-0.1, -0.05) is 0 Å². The molecule has 0 aliphatic carbocycles. The molecule has 4 heteroatoms. The Morgan fingerprint density at radius 2 is 2.00 bits per heavy atom. The molecule has 0 spiro atoms. The predicted octanol–water partition coefficient (Wildman–Crippen LogP) is 3.32. The van der Waals surface area contributed by atoms with Gasteiger partial charge in [-0.05, 0) is 54.9 Å². The first-order valence-corrected chi connectivity index (χ1v) is 5.31. The van der Waals surface area contributed by atoms with Crippen molar-refractivity contribution in [2.24, 2.45) is 0 Å². The zero-order chi connectivity index (χ0) is 11.6. The number of aromatic carboxylic acids is 1. The molecular formula is C11H13BrO3. The van der Waals surface area contributed by atoms with Crippen LogP contribution in [-0.4, -0.2) is 16.7 Å². The Morgan fingerprint density at radius 1 is 1.40 bits per heavy atom. The molecule has 0 amide bonds. The summed E-state index contributed by atoms with van der Waals surface area (Å²) in [5, 5.41) is 8.83. The normalized spacial score (nSPS) is 11.2. The summed E-state index contributed by atoms with van der Waals surface area (Å²) in [6, 6.07) is 4.71. The van der Waals surface area contributed by atoms with Gasteiger partial charge >= 0.3 is 5.97 Å². The maximum Gasteiger partial charge on any atom is 0.335 e. The zero-order valence-corrected chi connectivity index (χ0v) is 10.5. The van der Waals surface area contributed by atoms with E-state index in [9.17, 15) is 4.79 Å². The average molecular weight is 273 g/mol. The summed E-state index contributed by atoms with van der Waals surface area (Å²) in [4.78, 5) is 10.8. The molecule has 1 rings (SSSR count). The highest BCUT2D eigenvalue weighted by Gasteiger charge is 2.15. The van der Waals surface area contributed by atoms with Gasteiger partial charge in [0.15, 0.2) is 0 Å². The SMILES string of the molecule is CC(C)(C)Oc1cc(C(=O)O)ccc1Br. The van der Waals surface area contributed by atoms with Gasteiger partial charge in [0, 0.05) is 0 Å². The molecule has 0 aliphatic rings. The molecule has 82 valence electrons. The van der Waals surface area contributed by atoms with Crippen LogP contribution in [0.1, 0.15) is 31.1 Å². The van der Waals surface area contributed by atoms with E-state index in [1.54, 1.807) is 6.07 Å². The van der Waals surface area contributed by atoms with Crippen molar-refractivity contribution in [3.63, 3.8) is 0 Å². The Morgan fingerprint density at radius 3 is 2.47 bits per heavy atom. The Balaban J connectivity index is 3.06. The fourth-order valence-electron chi connectivity index (χ4n) is 1.04. The van der Waals surface area contributed by atoms with Crippen LogP contribution in [-0.2, 0) is 0 Å². The summed E-state index contributed by atoms with van der Waals surface area (Å²) in [5.74, 6) is -0.413. The Bertz CT molecular complexity index is 380. The number of carbonyl (C=O) groups is 1. The lowest BCUT2D eigenvalue weighted by atomic mass is 10.1. The maximum atomic E-state index is 10.8. The van der Waals surface area contributed by atoms with E-state index in [1.165, 1.54) is 12.1 Å². The van der Waals surface area contributed by atoms with E-state index in [0.29, 0.717) is 5.75 Å². The third-order valence-corrected chi connectivity index (χ3v) is 2.25. The van der Waals surface area contributed by atoms with E-state index >= 15 is 0 Å². The van der Waals surface area contributed by atoms with Crippen molar-refractivity contribution in [1.29, 1.82) is 0 Å². The number of ether oxygens (including phenoxy) is 1. The number of carboxylic acid groups (broad SMARTS) is 1. The van der Waals surface area contributed by atoms with Crippen molar-refractivity contribution < 1.29 is 14.6 Å². The molecule has 0 atom stereocenters. The largest absolute Gasteiger partial charge is 0.487 e. The molecular weight excluding hydrogens is 260 g/mol. The Kier molecular flexibility index (Phi) is 3.39. The number of halogens is 1. The van der Waals surface area contributed by atoms with E-state index in [0.717, 1.165) is 4.47 Å². The highest BCUT2D eigenvalue weighted by atomic mass is 79.9. The lowest BCUT2D eigenvalue weighted by Gasteiger charge is -2.22. The van der Waals surface area contributed by atoms with E-state index < -0.39 is 5.97 Å². The summed E-state index contributed by atoms with van der Waals surface area (Å²) < 4.78 is 6.37. The van der Waals surface area contributed by atoms with E-state index in [1.807, 2.05) is 20.8 Å². The maximum absolute atomic E-state index is 10.8. The first-order valence-electron chi connectivity index (χ1n) is 4.51. The first-order chi connectivity index (χ1) is 6.79. The fraction of sp³-hybridized carbons (Fsp3) is 0.364. The quantitative estimate of drug-likeness (QED) is 0.899. The Labute approximate surface area is 97.2 Å². The number of carboxylic acids is 1. The van der Waals surface area contributed by atoms with Crippen molar-refractivity contribution in [2.75, 3.05) is 0 Å². The molecule has 0 unspecified atom stereocenters. The number of hydrogen-bond acceptors (Lipinski definition) is 2. The standard InChI is InChI=1S/C11H13BrO3/c1-11(2,3)15-9-6-7(10(13)14)4-5-8(9)12/h4-6H,1-3H3,(H,13,14). The van der Waals surface area contributed by atoms with Gasteiger partial charge in [0.2, 0.25) is 0 Å². The molecule has 0 aliphatic heterocycles.